The minimum absolute atomic E-state index is 0.163. The van der Waals surface area contributed by atoms with E-state index in [4.69, 9.17) is 0 Å². The van der Waals surface area contributed by atoms with Crippen LogP contribution >= 0.6 is 15.9 Å². The molecule has 0 fully saturated rings. The Hall–Kier alpha value is -1.13. The number of sulfonamides is 1. The van der Waals surface area contributed by atoms with E-state index < -0.39 is 27.5 Å². The standard InChI is InChI=1S/C12H13BrF3NO4S/c1-21-11(18)10(17-22(19,20)12(14,15)16)7-4-8-2-5-9(13)6-3-8/h2-3,5-6,10,17H,4,7H2,1H3/t10-/m0/s1. The molecule has 10 heteroatoms. The van der Waals surface area contributed by atoms with Crippen molar-refractivity contribution in [3.63, 3.8) is 0 Å². The van der Waals surface area contributed by atoms with Crippen LogP contribution in [0.4, 0.5) is 13.2 Å². The van der Waals surface area contributed by atoms with Gasteiger partial charge in [0.1, 0.15) is 6.04 Å². The van der Waals surface area contributed by atoms with E-state index in [1.54, 1.807) is 24.3 Å². The van der Waals surface area contributed by atoms with Crippen molar-refractivity contribution in [3.05, 3.63) is 34.3 Å². The topological polar surface area (TPSA) is 72.5 Å². The SMILES string of the molecule is COC(=O)[C@H](CCc1ccc(Br)cc1)NS(=O)(=O)C(F)(F)F. The highest BCUT2D eigenvalue weighted by molar-refractivity contribution is 9.10. The van der Waals surface area contributed by atoms with Gasteiger partial charge in [0.15, 0.2) is 0 Å². The minimum Gasteiger partial charge on any atom is -0.468 e. The molecule has 0 aliphatic rings. The van der Waals surface area contributed by atoms with Gasteiger partial charge in [-0.25, -0.2) is 8.42 Å². The molecular formula is C12H13BrF3NO4S. The van der Waals surface area contributed by atoms with Crippen molar-refractivity contribution in [2.75, 3.05) is 7.11 Å². The predicted molar refractivity (Wildman–Crippen MR) is 76.4 cm³/mol. The van der Waals surface area contributed by atoms with E-state index in [1.165, 1.54) is 4.72 Å². The summed E-state index contributed by atoms with van der Waals surface area (Å²) in [5.74, 6) is -1.08. The average molecular weight is 404 g/mol. The fraction of sp³-hybridized carbons (Fsp3) is 0.417. The maximum absolute atomic E-state index is 12.4. The first kappa shape index (κ1) is 18.9. The first-order valence-corrected chi connectivity index (χ1v) is 8.25. The zero-order valence-corrected chi connectivity index (χ0v) is 13.8. The molecule has 22 heavy (non-hydrogen) atoms. The van der Waals surface area contributed by atoms with Gasteiger partial charge in [-0.1, -0.05) is 28.1 Å². The molecule has 0 spiro atoms. The summed E-state index contributed by atoms with van der Waals surface area (Å²) in [7, 11) is -4.65. The lowest BCUT2D eigenvalue weighted by Crippen LogP contribution is -2.47. The second-order valence-electron chi connectivity index (χ2n) is 4.31. The monoisotopic (exact) mass is 403 g/mol. The van der Waals surface area contributed by atoms with E-state index in [-0.39, 0.29) is 12.8 Å². The number of methoxy groups -OCH3 is 1. The van der Waals surface area contributed by atoms with E-state index in [2.05, 4.69) is 20.7 Å². The fourth-order valence-corrected chi connectivity index (χ4v) is 2.57. The first-order chi connectivity index (χ1) is 10.1. The van der Waals surface area contributed by atoms with Gasteiger partial charge in [-0.05, 0) is 30.5 Å². The minimum atomic E-state index is -5.62. The zero-order valence-electron chi connectivity index (χ0n) is 11.4. The van der Waals surface area contributed by atoms with Gasteiger partial charge in [0.2, 0.25) is 0 Å². The van der Waals surface area contributed by atoms with Crippen LogP contribution in [-0.2, 0) is 26.0 Å². The summed E-state index contributed by atoms with van der Waals surface area (Å²) in [5.41, 5.74) is -4.75. The molecule has 1 atom stereocenters. The Labute approximate surface area is 134 Å². The molecule has 0 saturated heterocycles. The molecule has 0 amide bonds. The third-order valence-electron chi connectivity index (χ3n) is 2.72. The van der Waals surface area contributed by atoms with Crippen molar-refractivity contribution >= 4 is 31.9 Å². The number of benzene rings is 1. The Morgan fingerprint density at radius 3 is 2.32 bits per heavy atom. The molecule has 0 bridgehead atoms. The summed E-state index contributed by atoms with van der Waals surface area (Å²) in [4.78, 5) is 11.5. The third-order valence-corrected chi connectivity index (χ3v) is 4.46. The molecule has 0 aliphatic carbocycles. The second-order valence-corrected chi connectivity index (χ2v) is 6.93. The average Bonchev–Trinajstić information content (AvgIpc) is 2.43. The number of esters is 1. The van der Waals surface area contributed by atoms with Crippen LogP contribution in [0.2, 0.25) is 0 Å². The van der Waals surface area contributed by atoms with Gasteiger partial charge in [0, 0.05) is 4.47 Å². The number of hydrogen-bond donors (Lipinski definition) is 1. The number of aryl methyl sites for hydroxylation is 1. The number of carbonyl (C=O) groups is 1. The Morgan fingerprint density at radius 1 is 1.32 bits per heavy atom. The molecule has 124 valence electrons. The molecule has 1 N–H and O–H groups in total. The summed E-state index contributed by atoms with van der Waals surface area (Å²) in [6.45, 7) is 0. The van der Waals surface area contributed by atoms with Crippen LogP contribution in [0.3, 0.4) is 0 Å². The second kappa shape index (κ2) is 7.42. The molecule has 1 aromatic rings. The van der Waals surface area contributed by atoms with E-state index in [1.807, 2.05) is 0 Å². The maximum Gasteiger partial charge on any atom is 0.511 e. The highest BCUT2D eigenvalue weighted by atomic mass is 79.9. The summed E-state index contributed by atoms with van der Waals surface area (Å²) in [5, 5.41) is 0. The van der Waals surface area contributed by atoms with Crippen molar-refractivity contribution in [3.8, 4) is 0 Å². The lowest BCUT2D eigenvalue weighted by Gasteiger charge is -2.17. The van der Waals surface area contributed by atoms with Crippen LogP contribution in [0.15, 0.2) is 28.7 Å². The van der Waals surface area contributed by atoms with Gasteiger partial charge in [0.25, 0.3) is 0 Å². The zero-order chi connectivity index (χ0) is 17.0. The number of ether oxygens (including phenoxy) is 1. The quantitative estimate of drug-likeness (QED) is 0.740. The number of alkyl halides is 3. The number of hydrogen-bond acceptors (Lipinski definition) is 4. The molecule has 5 nitrogen and oxygen atoms in total. The molecule has 0 saturated carbocycles. The highest BCUT2D eigenvalue weighted by Crippen LogP contribution is 2.23. The van der Waals surface area contributed by atoms with Crippen molar-refractivity contribution < 1.29 is 31.1 Å². The summed E-state index contributed by atoms with van der Waals surface area (Å²) >= 11 is 3.23. The van der Waals surface area contributed by atoms with Crippen LogP contribution in [-0.4, -0.2) is 33.0 Å². The van der Waals surface area contributed by atoms with Crippen LogP contribution in [0.1, 0.15) is 12.0 Å². The Bertz CT molecular complexity index is 616. The predicted octanol–water partition coefficient (Wildman–Crippen LogP) is 2.36. The first-order valence-electron chi connectivity index (χ1n) is 5.97. The number of carbonyl (C=O) groups excluding carboxylic acids is 1. The van der Waals surface area contributed by atoms with Gasteiger partial charge in [-0.15, -0.1) is 0 Å². The van der Waals surface area contributed by atoms with E-state index in [0.29, 0.717) is 0 Å². The van der Waals surface area contributed by atoms with E-state index in [9.17, 15) is 26.4 Å². The van der Waals surface area contributed by atoms with Crippen LogP contribution in [0.25, 0.3) is 0 Å². The molecular weight excluding hydrogens is 391 g/mol. The molecule has 1 rings (SSSR count). The summed E-state index contributed by atoms with van der Waals surface area (Å²) in [6.07, 6.45) is 0.0387. The normalized spacial score (nSPS) is 13.7. The van der Waals surface area contributed by atoms with Crippen molar-refractivity contribution in [1.29, 1.82) is 0 Å². The van der Waals surface area contributed by atoms with Gasteiger partial charge in [0.05, 0.1) is 7.11 Å². The van der Waals surface area contributed by atoms with E-state index >= 15 is 0 Å². The highest BCUT2D eigenvalue weighted by Gasteiger charge is 2.47. The lowest BCUT2D eigenvalue weighted by atomic mass is 10.1. The molecule has 1 aromatic carbocycles. The number of nitrogens with one attached hydrogen (secondary N) is 1. The molecule has 0 aliphatic heterocycles. The molecule has 0 heterocycles. The summed E-state index contributed by atoms with van der Waals surface area (Å²) < 4.78 is 65.7. The van der Waals surface area contributed by atoms with Gasteiger partial charge < -0.3 is 4.74 Å². The van der Waals surface area contributed by atoms with Crippen molar-refractivity contribution in [2.24, 2.45) is 0 Å². The smallest absolute Gasteiger partial charge is 0.468 e. The molecule has 0 unspecified atom stereocenters. The Kier molecular flexibility index (Phi) is 6.38. The van der Waals surface area contributed by atoms with Crippen LogP contribution in [0, 0.1) is 0 Å². The van der Waals surface area contributed by atoms with Gasteiger partial charge in [-0.3, -0.25) is 4.79 Å². The fourth-order valence-electron chi connectivity index (χ4n) is 1.58. The third kappa shape index (κ3) is 5.25. The summed E-state index contributed by atoms with van der Waals surface area (Å²) in [6, 6.07) is 5.25. The van der Waals surface area contributed by atoms with Crippen molar-refractivity contribution in [1.82, 2.24) is 4.72 Å². The molecule has 0 radical (unpaired) electrons. The molecule has 0 aromatic heterocycles. The lowest BCUT2D eigenvalue weighted by molar-refractivity contribution is -0.142. The Balaban J connectivity index is 2.82. The van der Waals surface area contributed by atoms with Crippen LogP contribution in [0.5, 0.6) is 0 Å². The van der Waals surface area contributed by atoms with Crippen molar-refractivity contribution in [2.45, 2.75) is 24.4 Å². The van der Waals surface area contributed by atoms with Gasteiger partial charge >= 0.3 is 21.5 Å². The maximum atomic E-state index is 12.4. The number of rotatable bonds is 6. The number of halogens is 4. The van der Waals surface area contributed by atoms with Crippen LogP contribution < -0.4 is 4.72 Å². The largest absolute Gasteiger partial charge is 0.511 e. The van der Waals surface area contributed by atoms with E-state index in [0.717, 1.165) is 17.1 Å². The Morgan fingerprint density at radius 2 is 1.86 bits per heavy atom. The van der Waals surface area contributed by atoms with Gasteiger partial charge in [-0.2, -0.15) is 17.9 Å².